The van der Waals surface area contributed by atoms with Crippen LogP contribution in [-0.2, 0) is 9.59 Å². The van der Waals surface area contributed by atoms with Crippen LogP contribution in [0.4, 0.5) is 5.69 Å². The van der Waals surface area contributed by atoms with E-state index in [1.54, 1.807) is 24.3 Å². The third kappa shape index (κ3) is 3.95. The number of rotatable bonds is 5. The van der Waals surface area contributed by atoms with Crippen LogP contribution in [0.3, 0.4) is 0 Å². The summed E-state index contributed by atoms with van der Waals surface area (Å²) >= 11 is 5.85. The first-order valence-electron chi connectivity index (χ1n) is 7.94. The molecule has 140 valence electrons. The van der Waals surface area contributed by atoms with Gasteiger partial charge < -0.3 is 25.8 Å². The number of ether oxygens (including phenoxy) is 2. The highest BCUT2D eigenvalue weighted by Crippen LogP contribution is 2.33. The lowest BCUT2D eigenvalue weighted by atomic mass is 10.1. The van der Waals surface area contributed by atoms with E-state index in [2.05, 4.69) is 0 Å². The van der Waals surface area contributed by atoms with Crippen molar-refractivity contribution in [3.63, 3.8) is 0 Å². The zero-order valence-electron chi connectivity index (χ0n) is 14.1. The molecule has 1 heterocycles. The van der Waals surface area contributed by atoms with Crippen LogP contribution < -0.4 is 25.8 Å². The Balaban J connectivity index is 1.80. The van der Waals surface area contributed by atoms with Gasteiger partial charge in [0.2, 0.25) is 0 Å². The summed E-state index contributed by atoms with van der Waals surface area (Å²) in [6, 6.07) is 11.1. The van der Waals surface area contributed by atoms with E-state index in [1.165, 1.54) is 23.1 Å². The highest BCUT2D eigenvalue weighted by Gasteiger charge is 2.32. The van der Waals surface area contributed by atoms with E-state index in [-0.39, 0.29) is 24.5 Å². The predicted molar refractivity (Wildman–Crippen MR) is 97.9 cm³/mol. The highest BCUT2D eigenvalue weighted by molar-refractivity contribution is 6.31. The Hall–Kier alpha value is -3.26. The second-order valence-corrected chi connectivity index (χ2v) is 6.21. The first-order chi connectivity index (χ1) is 12.9. The van der Waals surface area contributed by atoms with E-state index in [0.717, 1.165) is 0 Å². The van der Waals surface area contributed by atoms with Crippen LogP contribution in [0.5, 0.6) is 11.5 Å². The topological polar surface area (TPSA) is 125 Å². The Bertz CT molecular complexity index is 918. The molecule has 0 aliphatic carbocycles. The molecule has 0 aromatic heterocycles. The smallest absolute Gasteiger partial charge is 0.265 e. The fourth-order valence-corrected chi connectivity index (χ4v) is 2.83. The van der Waals surface area contributed by atoms with Gasteiger partial charge >= 0.3 is 0 Å². The van der Waals surface area contributed by atoms with Gasteiger partial charge in [-0.05, 0) is 30.3 Å². The Kier molecular flexibility index (Phi) is 5.18. The van der Waals surface area contributed by atoms with Crippen LogP contribution in [0.25, 0.3) is 0 Å². The summed E-state index contributed by atoms with van der Waals surface area (Å²) in [5, 5.41) is 0.314. The second kappa shape index (κ2) is 7.55. The predicted octanol–water partition coefficient (Wildman–Crippen LogP) is 1.10. The summed E-state index contributed by atoms with van der Waals surface area (Å²) in [5.74, 6) is -1.36. The number of primary amides is 2. The number of carbonyl (C=O) groups is 3. The molecule has 3 rings (SSSR count). The molecule has 27 heavy (non-hydrogen) atoms. The van der Waals surface area contributed by atoms with Crippen molar-refractivity contribution in [2.24, 2.45) is 11.5 Å². The third-order valence-corrected chi connectivity index (χ3v) is 4.19. The average molecular weight is 390 g/mol. The second-order valence-electron chi connectivity index (χ2n) is 5.77. The molecule has 0 saturated carbocycles. The van der Waals surface area contributed by atoms with Crippen molar-refractivity contribution in [2.45, 2.75) is 6.10 Å². The largest absolute Gasteiger partial charge is 0.483 e. The normalized spacial score (nSPS) is 15.4. The van der Waals surface area contributed by atoms with E-state index in [9.17, 15) is 14.4 Å². The fraction of sp³-hybridized carbons (Fsp3) is 0.167. The number of halogens is 1. The number of carbonyl (C=O) groups excluding carboxylic acids is 3. The minimum atomic E-state index is -0.972. The van der Waals surface area contributed by atoms with Gasteiger partial charge in [0.1, 0.15) is 11.5 Å². The van der Waals surface area contributed by atoms with Crippen LogP contribution in [0.1, 0.15) is 10.4 Å². The molecule has 4 N–H and O–H groups in total. The molecule has 3 amide bonds. The van der Waals surface area contributed by atoms with Crippen LogP contribution in [0, 0.1) is 0 Å². The minimum absolute atomic E-state index is 0.0438. The van der Waals surface area contributed by atoms with Crippen molar-refractivity contribution < 1.29 is 23.9 Å². The number of amides is 3. The molecule has 0 saturated heterocycles. The van der Waals surface area contributed by atoms with Crippen molar-refractivity contribution >= 4 is 35.0 Å². The lowest BCUT2D eigenvalue weighted by molar-refractivity contribution is -0.125. The highest BCUT2D eigenvalue weighted by atomic mass is 35.5. The van der Waals surface area contributed by atoms with E-state index in [0.29, 0.717) is 16.5 Å². The molecular weight excluding hydrogens is 374 g/mol. The van der Waals surface area contributed by atoms with E-state index in [4.69, 9.17) is 32.5 Å². The molecule has 1 aliphatic rings. The Labute approximate surface area is 159 Å². The van der Waals surface area contributed by atoms with Gasteiger partial charge in [0, 0.05) is 5.02 Å². The van der Waals surface area contributed by atoms with Crippen molar-refractivity contribution in [3.8, 4) is 11.5 Å². The first-order valence-corrected chi connectivity index (χ1v) is 8.32. The number of fused-ring (bicyclic) bond motifs is 1. The van der Waals surface area contributed by atoms with Gasteiger partial charge in [-0.15, -0.1) is 0 Å². The molecule has 0 bridgehead atoms. The maximum absolute atomic E-state index is 12.7. The number of nitrogens with zero attached hydrogens (tertiary/aromatic N) is 1. The monoisotopic (exact) mass is 389 g/mol. The lowest BCUT2D eigenvalue weighted by Crippen LogP contribution is -2.50. The molecule has 0 unspecified atom stereocenters. The van der Waals surface area contributed by atoms with E-state index >= 15 is 0 Å². The molecule has 9 heteroatoms. The molecule has 1 aliphatic heterocycles. The number of nitrogens with two attached hydrogens (primary N) is 2. The minimum Gasteiger partial charge on any atom is -0.483 e. The quantitative estimate of drug-likeness (QED) is 0.792. The summed E-state index contributed by atoms with van der Waals surface area (Å²) in [6.07, 6.45) is -0.972. The summed E-state index contributed by atoms with van der Waals surface area (Å²) in [7, 11) is 0. The van der Waals surface area contributed by atoms with Gasteiger partial charge in [-0.1, -0.05) is 23.7 Å². The molecule has 2 aromatic rings. The molecular formula is C18H16ClN3O5. The molecule has 0 fully saturated rings. The number of para-hydroxylation sites is 2. The van der Waals surface area contributed by atoms with Gasteiger partial charge in [0.15, 0.2) is 12.7 Å². The zero-order valence-corrected chi connectivity index (χ0v) is 14.8. The van der Waals surface area contributed by atoms with Crippen LogP contribution in [-0.4, -0.2) is 37.0 Å². The molecule has 0 radical (unpaired) electrons. The average Bonchev–Trinajstić information content (AvgIpc) is 2.65. The Morgan fingerprint density at radius 3 is 2.63 bits per heavy atom. The molecule has 1 atom stereocenters. The van der Waals surface area contributed by atoms with E-state index in [1.807, 2.05) is 0 Å². The maximum Gasteiger partial charge on any atom is 0.265 e. The first kappa shape index (κ1) is 18.5. The Morgan fingerprint density at radius 2 is 1.93 bits per heavy atom. The standard InChI is InChI=1S/C18H16ClN3O5/c19-10-5-6-13(11(7-10)17(20)24)26-9-16(23)22-8-15(18(21)25)27-14-4-2-1-3-12(14)22/h1-7,15H,8-9H2,(H2,20,24)(H2,21,25)/t15-/m0/s1. The van der Waals surface area contributed by atoms with Crippen molar-refractivity contribution in [1.29, 1.82) is 0 Å². The maximum atomic E-state index is 12.7. The van der Waals surface area contributed by atoms with Gasteiger partial charge in [0.05, 0.1) is 17.8 Å². The summed E-state index contributed by atoms with van der Waals surface area (Å²) in [6.45, 7) is -0.431. The lowest BCUT2D eigenvalue weighted by Gasteiger charge is -2.33. The summed E-state index contributed by atoms with van der Waals surface area (Å²) in [5.41, 5.74) is 11.2. The van der Waals surface area contributed by atoms with Gasteiger partial charge in [-0.3, -0.25) is 14.4 Å². The fourth-order valence-electron chi connectivity index (χ4n) is 2.66. The number of hydrogen-bond acceptors (Lipinski definition) is 5. The SMILES string of the molecule is NC(=O)c1cc(Cl)ccc1OCC(=O)N1C[C@@H](C(N)=O)Oc2ccccc21. The van der Waals surface area contributed by atoms with E-state index < -0.39 is 23.8 Å². The summed E-state index contributed by atoms with van der Waals surface area (Å²) < 4.78 is 11.0. The molecule has 8 nitrogen and oxygen atoms in total. The van der Waals surface area contributed by atoms with Gasteiger partial charge in [-0.25, -0.2) is 0 Å². The molecule has 0 spiro atoms. The number of benzene rings is 2. The number of anilines is 1. The van der Waals surface area contributed by atoms with Gasteiger partial charge in [0.25, 0.3) is 17.7 Å². The summed E-state index contributed by atoms with van der Waals surface area (Å²) in [4.78, 5) is 37.1. The zero-order chi connectivity index (χ0) is 19.6. The van der Waals surface area contributed by atoms with Crippen molar-refractivity contribution in [2.75, 3.05) is 18.1 Å². The van der Waals surface area contributed by atoms with Crippen molar-refractivity contribution in [1.82, 2.24) is 0 Å². The van der Waals surface area contributed by atoms with Gasteiger partial charge in [-0.2, -0.15) is 0 Å². The Morgan fingerprint density at radius 1 is 1.19 bits per heavy atom. The van der Waals surface area contributed by atoms with Crippen LogP contribution in [0.15, 0.2) is 42.5 Å². The van der Waals surface area contributed by atoms with Crippen LogP contribution in [0.2, 0.25) is 5.02 Å². The number of hydrogen-bond donors (Lipinski definition) is 2. The van der Waals surface area contributed by atoms with Crippen LogP contribution >= 0.6 is 11.6 Å². The third-order valence-electron chi connectivity index (χ3n) is 3.95. The molecule has 2 aromatic carbocycles. The van der Waals surface area contributed by atoms with Crippen molar-refractivity contribution in [3.05, 3.63) is 53.1 Å².